The Bertz CT molecular complexity index is 2090. The van der Waals surface area contributed by atoms with E-state index in [0.29, 0.717) is 6.42 Å². The SMILES string of the molecule is CC/C=C1/N=C([O-])/C=C/[C@H](C(C)C)OC(=O)C(C)(C)[C@H](C[C@H](/C=C/C=C/C/C=C\CCCC)OC)OC(=O)CNC(=O)[C@H](CNC(N)=O)NC(=O)CNC(=O)[C@@H](CCCNC(=O)NS(=O)(=O)O)NC1=O.[Na+]. The van der Waals surface area contributed by atoms with Crippen molar-refractivity contribution >= 4 is 63.8 Å². The molecule has 1 aliphatic heterocycles. The van der Waals surface area contributed by atoms with Gasteiger partial charge >= 0.3 is 63.9 Å². The molecule has 0 spiro atoms. The van der Waals surface area contributed by atoms with Crippen LogP contribution in [0.4, 0.5) is 9.59 Å². The minimum Gasteiger partial charge on any atom is -0.859 e. The van der Waals surface area contributed by atoms with Crippen molar-refractivity contribution in [2.45, 2.75) is 123 Å². The Morgan fingerprint density at radius 2 is 1.66 bits per heavy atom. The van der Waals surface area contributed by atoms with E-state index in [1.165, 1.54) is 37.8 Å². The number of amides is 8. The number of allylic oxidation sites excluding steroid dienone is 6. The number of carbonyl (C=O) groups is 8. The first-order valence-electron chi connectivity index (χ1n) is 22.7. The zero-order chi connectivity index (χ0) is 52.9. The Kier molecular flexibility index (Phi) is 31.9. The van der Waals surface area contributed by atoms with Crippen molar-refractivity contribution in [2.24, 2.45) is 22.1 Å². The quantitative estimate of drug-likeness (QED) is 0.0123. The van der Waals surface area contributed by atoms with Gasteiger partial charge in [0.15, 0.2) is 0 Å². The second kappa shape index (κ2) is 34.7. The number of cyclic esters (lactones) is 2. The Balaban J connectivity index is 0.0000490. The molecule has 10 N–H and O–H groups in total. The Morgan fingerprint density at radius 1 is 0.986 bits per heavy atom. The van der Waals surface area contributed by atoms with Gasteiger partial charge in [0, 0.05) is 26.6 Å². The fraction of sp³-hybridized carbons (Fsp3) is 0.578. The number of hydrogen-bond acceptors (Lipinski definition) is 15. The molecule has 0 unspecified atom stereocenters. The maximum atomic E-state index is 14.1. The molecule has 0 aromatic rings. The molecule has 0 radical (unpaired) electrons. The van der Waals surface area contributed by atoms with E-state index >= 15 is 0 Å². The monoisotopic (exact) mass is 1030 g/mol. The number of unbranched alkanes of at least 4 members (excludes halogenated alkanes) is 2. The molecule has 0 saturated carbocycles. The molecule has 0 aromatic carbocycles. The molecule has 392 valence electrons. The number of primary amides is 1. The average Bonchev–Trinajstić information content (AvgIpc) is 3.28. The van der Waals surface area contributed by atoms with Gasteiger partial charge in [-0.15, -0.1) is 0 Å². The normalized spacial score (nSPS) is 22.7. The predicted molar refractivity (Wildman–Crippen MR) is 255 cm³/mol. The van der Waals surface area contributed by atoms with Crippen LogP contribution in [-0.4, -0.2) is 130 Å². The first-order valence-corrected chi connectivity index (χ1v) is 24.2. The van der Waals surface area contributed by atoms with Crippen molar-refractivity contribution in [1.82, 2.24) is 36.6 Å². The van der Waals surface area contributed by atoms with Gasteiger partial charge in [0.05, 0.1) is 18.1 Å². The molecular weight excluding hydrogens is 962 g/mol. The predicted octanol–water partition coefficient (Wildman–Crippen LogP) is -2.47. The van der Waals surface area contributed by atoms with Crippen LogP contribution in [0.25, 0.3) is 0 Å². The molecule has 1 rings (SSSR count). The molecule has 24 nitrogen and oxygen atoms in total. The molecule has 0 saturated heterocycles. The summed E-state index contributed by atoms with van der Waals surface area (Å²) in [5, 5.41) is 26.9. The van der Waals surface area contributed by atoms with Gasteiger partial charge in [-0.2, -0.15) is 8.42 Å². The molecule has 5 atom stereocenters. The van der Waals surface area contributed by atoms with E-state index in [-0.39, 0.29) is 61.8 Å². The zero-order valence-corrected chi connectivity index (χ0v) is 44.6. The molecular formula is C45H70N9NaO15S. The van der Waals surface area contributed by atoms with Gasteiger partial charge in [-0.05, 0) is 63.8 Å². The van der Waals surface area contributed by atoms with Crippen LogP contribution in [0.5, 0.6) is 0 Å². The number of nitrogens with two attached hydrogens (primary N) is 1. The summed E-state index contributed by atoms with van der Waals surface area (Å²) in [6.45, 7) is 7.63. The molecule has 0 aromatic heterocycles. The van der Waals surface area contributed by atoms with Crippen molar-refractivity contribution < 1.29 is 100 Å². The standard InChI is InChI=1S/C45H71N9O15S.Na/c1-8-10-11-12-13-14-15-16-17-20-30(67-7)25-35-45(5,6)42(61)68-34(29(3)4)22-23-36(55)51-31(19-9-2)41(60)53-32(21-18-24-47-44(63)54-70(64,65)66)39(58)48-27-37(56)52-33(26-50-43(46)62)40(59)49-28-38(57)69-35;/h12-13,15-17,19-20,22-23,29-30,32-35H,8-11,14,18,21,24-28H2,1-7H3,(H,48,58)(H,49,59)(H,51,55)(H,52,56)(H,53,60)(H3,46,50,62)(H2,47,54,63)(H,64,65,66);/q;+1/p-1/b13-12-,16-15+,20-17+,23-22+,31-19+;/t30-,32+,33-,34+,35-;/m0./s1. The topological polar surface area (TPSA) is 364 Å². The van der Waals surface area contributed by atoms with Gasteiger partial charge in [0.2, 0.25) is 17.7 Å². The minimum atomic E-state index is -4.88. The van der Waals surface area contributed by atoms with Gasteiger partial charge in [0.25, 0.3) is 5.91 Å². The molecule has 1 aliphatic rings. The summed E-state index contributed by atoms with van der Waals surface area (Å²) in [7, 11) is -3.46. The minimum absolute atomic E-state index is 0. The van der Waals surface area contributed by atoms with E-state index in [2.05, 4.69) is 56.0 Å². The van der Waals surface area contributed by atoms with Crippen LogP contribution in [0.2, 0.25) is 0 Å². The third kappa shape index (κ3) is 28.1. The van der Waals surface area contributed by atoms with Crippen molar-refractivity contribution in [1.29, 1.82) is 0 Å². The molecule has 0 fully saturated rings. The maximum absolute atomic E-state index is 14.1. The number of nitrogens with one attached hydrogen (secondary N) is 7. The van der Waals surface area contributed by atoms with Gasteiger partial charge < -0.3 is 57.0 Å². The molecule has 0 aliphatic carbocycles. The van der Waals surface area contributed by atoms with Gasteiger partial charge in [-0.25, -0.2) is 14.3 Å². The number of carbonyl (C=O) groups excluding carboxylic acids is 8. The van der Waals surface area contributed by atoms with Crippen LogP contribution in [0.15, 0.2) is 65.4 Å². The van der Waals surface area contributed by atoms with Crippen LogP contribution < -0.4 is 77.0 Å². The van der Waals surface area contributed by atoms with Crippen LogP contribution >= 0.6 is 0 Å². The Hall–Kier alpha value is -5.60. The van der Waals surface area contributed by atoms with E-state index in [4.69, 9.17) is 24.5 Å². The number of esters is 2. The van der Waals surface area contributed by atoms with Crippen LogP contribution in [0, 0.1) is 11.3 Å². The van der Waals surface area contributed by atoms with Crippen molar-refractivity contribution in [2.75, 3.05) is 33.3 Å². The van der Waals surface area contributed by atoms with Crippen LogP contribution in [-0.2, 0) is 53.3 Å². The Morgan fingerprint density at radius 3 is 2.28 bits per heavy atom. The van der Waals surface area contributed by atoms with Gasteiger partial charge in [-0.3, -0.25) is 38.3 Å². The third-order valence-electron chi connectivity index (χ3n) is 10.0. The van der Waals surface area contributed by atoms with E-state index in [1.54, 1.807) is 32.9 Å². The van der Waals surface area contributed by atoms with E-state index in [1.807, 2.05) is 12.2 Å². The molecule has 8 amide bonds. The molecule has 26 heteroatoms. The van der Waals surface area contributed by atoms with Gasteiger partial charge in [-0.1, -0.05) is 89.1 Å². The summed E-state index contributed by atoms with van der Waals surface area (Å²) in [6, 6.07) is -5.45. The number of methoxy groups -OCH3 is 1. The summed E-state index contributed by atoms with van der Waals surface area (Å²) in [6.07, 6.45) is 15.5. The number of nitrogens with zero attached hydrogens (tertiary/aromatic N) is 1. The second-order valence-electron chi connectivity index (χ2n) is 16.6. The number of urea groups is 2. The molecule has 0 bridgehead atoms. The van der Waals surface area contributed by atoms with Crippen molar-refractivity contribution in [3.63, 3.8) is 0 Å². The van der Waals surface area contributed by atoms with E-state index in [0.717, 1.165) is 25.3 Å². The number of aliphatic imine (C=N–C) groups is 1. The van der Waals surface area contributed by atoms with Crippen LogP contribution in [0.3, 0.4) is 0 Å². The summed E-state index contributed by atoms with van der Waals surface area (Å²) in [4.78, 5) is 108. The zero-order valence-electron chi connectivity index (χ0n) is 41.7. The first kappa shape index (κ1) is 65.4. The van der Waals surface area contributed by atoms with Crippen LogP contribution in [0.1, 0.15) is 92.9 Å². The summed E-state index contributed by atoms with van der Waals surface area (Å²) in [5.41, 5.74) is 3.17. The fourth-order valence-electron chi connectivity index (χ4n) is 6.03. The summed E-state index contributed by atoms with van der Waals surface area (Å²) < 4.78 is 49.4. The molecule has 1 heterocycles. The third-order valence-corrected chi connectivity index (χ3v) is 10.5. The second-order valence-corrected chi connectivity index (χ2v) is 17.7. The number of rotatable bonds is 19. The summed E-state index contributed by atoms with van der Waals surface area (Å²) >= 11 is 0. The number of ether oxygens (including phenoxy) is 3. The number of hydrogen-bond donors (Lipinski definition) is 9. The summed E-state index contributed by atoms with van der Waals surface area (Å²) in [5.74, 6) is -7.25. The smallest absolute Gasteiger partial charge is 0.859 e. The first-order chi connectivity index (χ1) is 32.9. The molecule has 71 heavy (non-hydrogen) atoms. The average molecular weight is 1030 g/mol. The van der Waals surface area contributed by atoms with Crippen molar-refractivity contribution in [3.8, 4) is 0 Å². The van der Waals surface area contributed by atoms with Gasteiger partial charge in [0.1, 0.15) is 36.5 Å². The largest absolute Gasteiger partial charge is 1.00 e. The fourth-order valence-corrected chi connectivity index (χ4v) is 6.33. The Labute approximate surface area is 437 Å². The van der Waals surface area contributed by atoms with Crippen molar-refractivity contribution in [3.05, 3.63) is 60.4 Å². The maximum Gasteiger partial charge on any atom is 1.00 e. The van der Waals surface area contributed by atoms with E-state index < -0.39 is 131 Å². The van der Waals surface area contributed by atoms with E-state index in [9.17, 15) is 51.9 Å².